The second kappa shape index (κ2) is 3.03. The number of hydrogen-bond donors (Lipinski definition) is 2. The molecule has 5 heteroatoms. The Morgan fingerprint density at radius 3 is 2.69 bits per heavy atom. The summed E-state index contributed by atoms with van der Waals surface area (Å²) in [7, 11) is 0. The van der Waals surface area contributed by atoms with Crippen LogP contribution in [0, 0.1) is 0 Å². The minimum absolute atomic E-state index is 0.252. The van der Waals surface area contributed by atoms with Crippen molar-refractivity contribution in [3.8, 4) is 0 Å². The summed E-state index contributed by atoms with van der Waals surface area (Å²) in [6.07, 6.45) is 1.29. The molecule has 3 rings (SSSR count). The smallest absolute Gasteiger partial charge is 0.321 e. The maximum absolute atomic E-state index is 11.7. The van der Waals surface area contributed by atoms with Crippen molar-refractivity contribution < 1.29 is 0 Å². The van der Waals surface area contributed by atoms with Gasteiger partial charge >= 0.3 is 5.69 Å². The summed E-state index contributed by atoms with van der Waals surface area (Å²) in [5, 5.41) is 1.19. The van der Waals surface area contributed by atoms with Gasteiger partial charge in [0.05, 0.1) is 16.4 Å². The van der Waals surface area contributed by atoms with Gasteiger partial charge < -0.3 is 9.97 Å². The van der Waals surface area contributed by atoms with Crippen LogP contribution < -0.4 is 11.2 Å². The molecular weight excluding hydrogens is 206 g/mol. The molecule has 78 valence electrons. The van der Waals surface area contributed by atoms with Gasteiger partial charge in [0.1, 0.15) is 0 Å². The van der Waals surface area contributed by atoms with Crippen LogP contribution in [0.4, 0.5) is 0 Å². The molecule has 0 aliphatic carbocycles. The Morgan fingerprint density at radius 1 is 1.00 bits per heavy atom. The summed E-state index contributed by atoms with van der Waals surface area (Å²) >= 11 is 0. The zero-order chi connectivity index (χ0) is 11.1. The molecule has 0 radical (unpaired) electrons. The quantitative estimate of drug-likeness (QED) is 0.541. The third kappa shape index (κ3) is 1.15. The van der Waals surface area contributed by atoms with Crippen LogP contribution in [0.25, 0.3) is 21.8 Å². The Balaban J connectivity index is 2.72. The van der Waals surface area contributed by atoms with E-state index in [1.807, 2.05) is 18.2 Å². The number of nitrogens with zero attached hydrogens (tertiary/aromatic N) is 1. The lowest BCUT2D eigenvalue weighted by Gasteiger charge is -2.01. The van der Waals surface area contributed by atoms with Gasteiger partial charge in [-0.3, -0.25) is 4.79 Å². The minimum atomic E-state index is -0.455. The highest BCUT2D eigenvalue weighted by molar-refractivity contribution is 6.02. The van der Waals surface area contributed by atoms with Crippen LogP contribution in [0.5, 0.6) is 0 Å². The van der Waals surface area contributed by atoms with E-state index in [9.17, 15) is 9.59 Å². The summed E-state index contributed by atoms with van der Waals surface area (Å²) < 4.78 is 0. The Bertz CT molecular complexity index is 801. The number of H-pyrrole nitrogens is 2. The van der Waals surface area contributed by atoms with Gasteiger partial charge in [0.15, 0.2) is 0 Å². The number of pyridine rings is 1. The van der Waals surface area contributed by atoms with Crippen LogP contribution in [-0.2, 0) is 0 Å². The Hall–Kier alpha value is -2.43. The minimum Gasteiger partial charge on any atom is -0.321 e. The van der Waals surface area contributed by atoms with E-state index < -0.39 is 5.69 Å². The van der Waals surface area contributed by atoms with Crippen molar-refractivity contribution in [3.05, 3.63) is 51.3 Å². The lowest BCUT2D eigenvalue weighted by molar-refractivity contribution is 1.11. The molecule has 0 atom stereocenters. The molecule has 0 bridgehead atoms. The van der Waals surface area contributed by atoms with Crippen molar-refractivity contribution in [2.45, 2.75) is 0 Å². The fourth-order valence-corrected chi connectivity index (χ4v) is 1.78. The third-order valence-electron chi connectivity index (χ3n) is 2.50. The fraction of sp³-hybridized carbons (Fsp3) is 0. The van der Waals surface area contributed by atoms with Crippen LogP contribution >= 0.6 is 0 Å². The molecule has 2 heterocycles. The maximum Gasteiger partial charge on any atom is 0.345 e. The first-order chi connectivity index (χ1) is 7.75. The molecule has 1 aromatic carbocycles. The first-order valence-electron chi connectivity index (χ1n) is 4.76. The van der Waals surface area contributed by atoms with Gasteiger partial charge in [0, 0.05) is 11.6 Å². The Labute approximate surface area is 88.8 Å². The van der Waals surface area contributed by atoms with Gasteiger partial charge in [-0.15, -0.1) is 0 Å². The summed E-state index contributed by atoms with van der Waals surface area (Å²) in [5.41, 5.74) is 0.516. The molecule has 0 fully saturated rings. The van der Waals surface area contributed by atoms with E-state index in [2.05, 4.69) is 15.0 Å². The first kappa shape index (κ1) is 8.84. The second-order valence-electron chi connectivity index (χ2n) is 3.48. The maximum atomic E-state index is 11.7. The molecule has 16 heavy (non-hydrogen) atoms. The zero-order valence-corrected chi connectivity index (χ0v) is 8.15. The average Bonchev–Trinajstić information content (AvgIpc) is 2.29. The average molecular weight is 213 g/mol. The monoisotopic (exact) mass is 213 g/mol. The van der Waals surface area contributed by atoms with Gasteiger partial charge in [-0.2, -0.15) is 0 Å². The highest BCUT2D eigenvalue weighted by Gasteiger charge is 2.05. The standard InChI is InChI=1S/C11H7N3O2/c15-10-7-5-12-11(16)14-9(7)6-3-1-2-4-8(6)13-10/h1-5H,(H,13,15)(H,12,14,16). The molecule has 0 unspecified atom stereocenters. The molecule has 0 saturated heterocycles. The molecule has 2 N–H and O–H groups in total. The van der Waals surface area contributed by atoms with E-state index >= 15 is 0 Å². The number of nitrogens with one attached hydrogen (secondary N) is 2. The predicted molar refractivity (Wildman–Crippen MR) is 60.5 cm³/mol. The van der Waals surface area contributed by atoms with Crippen molar-refractivity contribution >= 4 is 21.8 Å². The van der Waals surface area contributed by atoms with Crippen LogP contribution in [-0.4, -0.2) is 15.0 Å². The number of rotatable bonds is 0. The summed E-state index contributed by atoms with van der Waals surface area (Å²) in [6, 6.07) is 7.29. The highest BCUT2D eigenvalue weighted by Crippen LogP contribution is 2.16. The fourth-order valence-electron chi connectivity index (χ4n) is 1.78. The molecule has 0 aliphatic rings. The number of hydrogen-bond acceptors (Lipinski definition) is 3. The predicted octanol–water partition coefficient (Wildman–Crippen LogP) is 0.765. The number of aromatic amines is 2. The van der Waals surface area contributed by atoms with E-state index in [4.69, 9.17) is 0 Å². The molecule has 0 amide bonds. The topological polar surface area (TPSA) is 78.6 Å². The third-order valence-corrected chi connectivity index (χ3v) is 2.50. The molecule has 0 aliphatic heterocycles. The largest absolute Gasteiger partial charge is 0.345 e. The molecule has 5 nitrogen and oxygen atoms in total. The normalized spacial score (nSPS) is 11.0. The Kier molecular flexibility index (Phi) is 1.67. The highest BCUT2D eigenvalue weighted by atomic mass is 16.1. The lowest BCUT2D eigenvalue weighted by Crippen LogP contribution is -2.14. The molecule has 0 saturated carbocycles. The van der Waals surface area contributed by atoms with Gasteiger partial charge in [-0.25, -0.2) is 9.78 Å². The van der Waals surface area contributed by atoms with Gasteiger partial charge in [0.2, 0.25) is 0 Å². The van der Waals surface area contributed by atoms with Gasteiger partial charge in [-0.1, -0.05) is 18.2 Å². The number of benzene rings is 1. The van der Waals surface area contributed by atoms with Crippen LogP contribution in [0.1, 0.15) is 0 Å². The lowest BCUT2D eigenvalue weighted by atomic mass is 10.1. The summed E-state index contributed by atoms with van der Waals surface area (Å²) in [6.45, 7) is 0. The molecular formula is C11H7N3O2. The number of aromatic nitrogens is 3. The van der Waals surface area contributed by atoms with Crippen molar-refractivity contribution in [2.75, 3.05) is 0 Å². The van der Waals surface area contributed by atoms with E-state index in [-0.39, 0.29) is 5.56 Å². The van der Waals surface area contributed by atoms with Gasteiger partial charge in [0.25, 0.3) is 5.56 Å². The molecule has 3 aromatic rings. The van der Waals surface area contributed by atoms with Crippen LogP contribution in [0.3, 0.4) is 0 Å². The van der Waals surface area contributed by atoms with Crippen molar-refractivity contribution in [1.29, 1.82) is 0 Å². The van der Waals surface area contributed by atoms with Crippen molar-refractivity contribution in [1.82, 2.24) is 15.0 Å². The first-order valence-corrected chi connectivity index (χ1v) is 4.76. The zero-order valence-electron chi connectivity index (χ0n) is 8.15. The van der Waals surface area contributed by atoms with E-state index in [0.717, 1.165) is 5.39 Å². The van der Waals surface area contributed by atoms with E-state index in [0.29, 0.717) is 16.4 Å². The number of fused-ring (bicyclic) bond motifs is 3. The van der Waals surface area contributed by atoms with Crippen molar-refractivity contribution in [2.24, 2.45) is 0 Å². The summed E-state index contributed by atoms with van der Waals surface area (Å²) in [5.74, 6) is 0. The van der Waals surface area contributed by atoms with Crippen LogP contribution in [0.15, 0.2) is 40.1 Å². The molecule has 0 spiro atoms. The van der Waals surface area contributed by atoms with Crippen molar-refractivity contribution in [3.63, 3.8) is 0 Å². The molecule has 2 aromatic heterocycles. The number of para-hydroxylation sites is 1. The van der Waals surface area contributed by atoms with E-state index in [1.54, 1.807) is 6.07 Å². The van der Waals surface area contributed by atoms with E-state index in [1.165, 1.54) is 6.20 Å². The Morgan fingerprint density at radius 2 is 1.81 bits per heavy atom. The second-order valence-corrected chi connectivity index (χ2v) is 3.48. The SMILES string of the molecule is O=c1ncc2c(=O)[nH]c3ccccc3c2[nH]1. The van der Waals surface area contributed by atoms with Gasteiger partial charge in [-0.05, 0) is 6.07 Å². The summed E-state index contributed by atoms with van der Waals surface area (Å²) in [4.78, 5) is 31.7. The van der Waals surface area contributed by atoms with Crippen LogP contribution in [0.2, 0.25) is 0 Å².